The van der Waals surface area contributed by atoms with Gasteiger partial charge in [0.1, 0.15) is 35.2 Å². The van der Waals surface area contributed by atoms with Gasteiger partial charge in [0.2, 0.25) is 13.3 Å². The van der Waals surface area contributed by atoms with Crippen LogP contribution in [-0.2, 0) is 23.7 Å². The number of nitrogens with zero attached hydrogens (tertiary/aromatic N) is 3. The third-order valence-electron chi connectivity index (χ3n) is 12.1. The highest BCUT2D eigenvalue weighted by atomic mass is 32.1. The first kappa shape index (κ1) is 44.5. The van der Waals surface area contributed by atoms with Crippen LogP contribution in [0.2, 0.25) is 0 Å². The van der Waals surface area contributed by atoms with Gasteiger partial charge in [-0.15, -0.1) is 24.5 Å². The first-order chi connectivity index (χ1) is 28.0. The molecule has 2 N–H and O–H groups in total. The zero-order valence-corrected chi connectivity index (χ0v) is 37.1. The molecule has 6 atom stereocenters. The number of Topliss-reactive ketones (excluding diaryl/α,β-unsaturated/α-hetero) is 1. The summed E-state index contributed by atoms with van der Waals surface area (Å²) in [5, 5.41) is 5.74. The summed E-state index contributed by atoms with van der Waals surface area (Å²) in [5.74, 6) is -0.623. The molecule has 1 aliphatic heterocycles. The Kier molecular flexibility index (Phi) is 13.8. The number of anilines is 1. The summed E-state index contributed by atoms with van der Waals surface area (Å²) >= 11 is 1.49. The molecule has 2 saturated carbocycles. The van der Waals surface area contributed by atoms with E-state index in [0.717, 1.165) is 36.2 Å². The zero-order chi connectivity index (χ0) is 42.7. The maximum absolute atomic E-state index is 14.8. The number of aromatic nitrogens is 2. The minimum atomic E-state index is -3.74. The molecule has 14 heteroatoms. The van der Waals surface area contributed by atoms with Crippen molar-refractivity contribution in [3.63, 3.8) is 0 Å². The molecule has 6 rings (SSSR count). The van der Waals surface area contributed by atoms with Crippen molar-refractivity contribution in [1.29, 1.82) is 0 Å². The van der Waals surface area contributed by atoms with E-state index in [-0.39, 0.29) is 61.7 Å². The molecule has 59 heavy (non-hydrogen) atoms. The van der Waals surface area contributed by atoms with Crippen LogP contribution in [-0.4, -0.2) is 86.7 Å². The molecule has 2 aliphatic carbocycles. The summed E-state index contributed by atoms with van der Waals surface area (Å²) in [6, 6.07) is 7.06. The number of fused-ring (bicyclic) bond motifs is 1. The van der Waals surface area contributed by atoms with E-state index >= 15 is 0 Å². The van der Waals surface area contributed by atoms with Gasteiger partial charge in [-0.05, 0) is 75.8 Å². The second-order valence-electron chi connectivity index (χ2n) is 17.9. The lowest BCUT2D eigenvalue weighted by Gasteiger charge is -2.35. The van der Waals surface area contributed by atoms with Crippen LogP contribution >= 0.6 is 18.7 Å². The highest BCUT2D eigenvalue weighted by Crippen LogP contribution is 2.73. The van der Waals surface area contributed by atoms with Crippen molar-refractivity contribution in [2.75, 3.05) is 25.1 Å². The highest BCUT2D eigenvalue weighted by Gasteiger charge is 2.64. The fraction of sp³-hybridized carbons (Fsp3) is 0.578. The highest BCUT2D eigenvalue weighted by molar-refractivity contribution is 7.60. The van der Waals surface area contributed by atoms with E-state index in [9.17, 15) is 23.8 Å². The number of ketones is 1. The van der Waals surface area contributed by atoms with Crippen molar-refractivity contribution in [2.45, 2.75) is 128 Å². The Morgan fingerprint density at radius 2 is 1.86 bits per heavy atom. The number of carbonyl (C=O) groups excluding carboxylic acids is 3. The monoisotopic (exact) mass is 848 g/mol. The summed E-state index contributed by atoms with van der Waals surface area (Å²) in [6.07, 6.45) is 7.30. The average molecular weight is 849 g/mol. The molecular weight excluding hydrogens is 788 g/mol. The van der Waals surface area contributed by atoms with Gasteiger partial charge < -0.3 is 29.3 Å². The number of thiazole rings is 1. The van der Waals surface area contributed by atoms with Crippen LogP contribution in [0.1, 0.15) is 98.8 Å². The smallest absolute Gasteiger partial charge is 0.306 e. The Labute approximate surface area is 352 Å². The van der Waals surface area contributed by atoms with Gasteiger partial charge >= 0.3 is 5.97 Å². The molecule has 3 heterocycles. The van der Waals surface area contributed by atoms with Crippen molar-refractivity contribution < 1.29 is 38.1 Å². The van der Waals surface area contributed by atoms with Crippen LogP contribution in [0.25, 0.3) is 22.3 Å². The molecule has 3 aromatic rings. The largest absolute Gasteiger partial charge is 0.497 e. The lowest BCUT2D eigenvalue weighted by Crippen LogP contribution is -2.46. The minimum Gasteiger partial charge on any atom is -0.497 e. The molecule has 0 spiro atoms. The van der Waals surface area contributed by atoms with Crippen LogP contribution in [0, 0.1) is 17.3 Å². The number of rotatable bonds is 19. The lowest BCUT2D eigenvalue weighted by atomic mass is 9.77. The first-order valence-corrected chi connectivity index (χ1v) is 23.6. The van der Waals surface area contributed by atoms with E-state index in [0.29, 0.717) is 47.7 Å². The molecular formula is C45H61N4O8PS. The number of allylic oxidation sites excluding steroid dienone is 2. The number of likely N-dealkylation sites (tertiary alicyclic amines) is 1. The number of hydrogen-bond donors (Lipinski definition) is 2. The molecule has 12 nitrogen and oxygen atoms in total. The van der Waals surface area contributed by atoms with Gasteiger partial charge in [-0.25, -0.2) is 9.97 Å². The Hall–Kier alpha value is -4.06. The Morgan fingerprint density at radius 1 is 1.12 bits per heavy atom. The van der Waals surface area contributed by atoms with Crippen molar-refractivity contribution in [3.8, 4) is 22.9 Å². The quantitative estimate of drug-likeness (QED) is 0.0673. The van der Waals surface area contributed by atoms with Gasteiger partial charge in [0.15, 0.2) is 5.13 Å². The van der Waals surface area contributed by atoms with Crippen LogP contribution in [0.4, 0.5) is 5.13 Å². The second-order valence-corrected chi connectivity index (χ2v) is 21.5. The van der Waals surface area contributed by atoms with Gasteiger partial charge in [0.25, 0.3) is 0 Å². The van der Waals surface area contributed by atoms with Gasteiger partial charge in [-0.1, -0.05) is 32.9 Å². The summed E-state index contributed by atoms with van der Waals surface area (Å²) in [4.78, 5) is 65.0. The molecule has 1 aromatic carbocycles. The van der Waals surface area contributed by atoms with Gasteiger partial charge in [0.05, 0.1) is 42.4 Å². The number of carbonyl (C=O) groups is 3. The number of methoxy groups -OCH3 is 1. The second kappa shape index (κ2) is 18.3. The van der Waals surface area contributed by atoms with E-state index in [1.807, 2.05) is 64.3 Å². The van der Waals surface area contributed by atoms with Crippen LogP contribution in [0.15, 0.2) is 55.0 Å². The van der Waals surface area contributed by atoms with E-state index in [2.05, 4.69) is 18.5 Å². The fourth-order valence-corrected chi connectivity index (χ4v) is 12.1. The maximum Gasteiger partial charge on any atom is 0.306 e. The van der Waals surface area contributed by atoms with Crippen LogP contribution < -0.4 is 14.8 Å². The first-order valence-electron chi connectivity index (χ1n) is 20.9. The van der Waals surface area contributed by atoms with Gasteiger partial charge in [-0.2, -0.15) is 0 Å². The van der Waals surface area contributed by atoms with E-state index in [1.54, 1.807) is 24.2 Å². The minimum absolute atomic E-state index is 0.0218. The number of nitrogens with one attached hydrogen (secondary N) is 1. The van der Waals surface area contributed by atoms with Gasteiger partial charge in [0, 0.05) is 60.4 Å². The molecule has 3 fully saturated rings. The van der Waals surface area contributed by atoms with Crippen LogP contribution in [0.3, 0.4) is 0 Å². The summed E-state index contributed by atoms with van der Waals surface area (Å²) < 4.78 is 31.9. The molecule has 0 radical (unpaired) electrons. The Balaban J connectivity index is 1.31. The van der Waals surface area contributed by atoms with E-state index in [4.69, 9.17) is 24.2 Å². The molecule has 3 aliphatic rings. The van der Waals surface area contributed by atoms with E-state index in [1.165, 1.54) is 11.3 Å². The van der Waals surface area contributed by atoms with Crippen LogP contribution in [0.5, 0.6) is 11.5 Å². The van der Waals surface area contributed by atoms with Crippen molar-refractivity contribution in [3.05, 3.63) is 55.0 Å². The molecule has 0 bridgehead atoms. The summed E-state index contributed by atoms with van der Waals surface area (Å²) in [7, 11) is -2.14. The number of ether oxygens (including phenoxy) is 3. The fourth-order valence-electron chi connectivity index (χ4n) is 8.73. The molecule has 1 amide bonds. The summed E-state index contributed by atoms with van der Waals surface area (Å²) in [5.41, 5.74) is 1.33. The molecule has 320 valence electrons. The maximum atomic E-state index is 14.8. The number of pyridine rings is 1. The zero-order valence-electron chi connectivity index (χ0n) is 35.4. The third-order valence-corrected chi connectivity index (χ3v) is 15.8. The lowest BCUT2D eigenvalue weighted by molar-refractivity contribution is -0.156. The Morgan fingerprint density at radius 3 is 2.51 bits per heavy atom. The van der Waals surface area contributed by atoms with Crippen molar-refractivity contribution in [2.24, 2.45) is 17.3 Å². The number of amides is 1. The molecule has 1 saturated heterocycles. The molecule has 2 aromatic heterocycles. The predicted molar refractivity (Wildman–Crippen MR) is 233 cm³/mol. The normalized spacial score (nSPS) is 23.5. The number of hydrogen-bond acceptors (Lipinski definition) is 11. The Bertz CT molecular complexity index is 2090. The molecule has 2 unspecified atom stereocenters. The average Bonchev–Trinajstić information content (AvgIpc) is 3.55. The standard InChI is InChI=1S/C45H61N4O8PS/c1-9-11-18-58(53,54)45(24-29(45)10-2)25-31(50)19-30-20-34(26-49(30)42(52)36(44(5,6)7)22-41(51)57-32-14-12-13-15-32)56-40-23-38(39-27-59-43(48-39)46-28(3)4)47-37-21-33(55-8)16-17-35(37)40/h9-10,16-17,21,23,27-30,32,34,36H,1-2,11-15,18-20,22,24-26H2,3-8H3,(H,46,48)(H,53,54)/t29-,30?,34-,36-,45-/m1/s1. The van der Waals surface area contributed by atoms with Crippen molar-refractivity contribution in [1.82, 2.24) is 14.9 Å². The number of benzene rings is 1. The predicted octanol–water partition coefficient (Wildman–Crippen LogP) is 9.21. The third kappa shape index (κ3) is 10.3. The number of esters is 1. The van der Waals surface area contributed by atoms with Gasteiger partial charge in [-0.3, -0.25) is 18.9 Å². The SMILES string of the molecule is C=CCCP(=O)(O)[C@@]1(CC(=O)CC2C[C@@H](Oc3cc(-c4csc(NC(C)C)n4)nc4cc(OC)ccc34)CN2C(=O)[C@@H](CC(=O)OC2CCCC2)C(C)(C)C)C[C@H]1C=C. The summed E-state index contributed by atoms with van der Waals surface area (Å²) in [6.45, 7) is 17.7. The topological polar surface area (TPSA) is 157 Å². The van der Waals surface area contributed by atoms with Crippen molar-refractivity contribution >= 4 is 52.4 Å². The van der Waals surface area contributed by atoms with E-state index < -0.39 is 42.0 Å².